The fraction of sp³-hybridized carbons (Fsp3) is 0.486. The van der Waals surface area contributed by atoms with E-state index < -0.39 is 124 Å². The van der Waals surface area contributed by atoms with Crippen molar-refractivity contribution in [1.82, 2.24) is 5.32 Å². The van der Waals surface area contributed by atoms with Gasteiger partial charge in [-0.1, -0.05) is 52.0 Å². The standard InChI is InChI=1S/C35H43NO12/c1-13-8-7-9-19(12-37)34(46)36-21-11-22(38)23-24(30(43)16(4)31(44)25(23)32(21)45)27(40)14(2)10-20-29(42)18(6)33(48-35(20)47)17(5)28(41)15(3)26(13)39/h7-11,13,15,17-18,20,26,28-29,33,35,37,39,41-44,47H,12H2,1-6H3,(H,36,46)/b8-7-,14-10-,19-9-/t13-,15+,17+,18+,20-,26-,28+,29+,33-,35+/m0/s1. The lowest BCUT2D eigenvalue weighted by molar-refractivity contribution is -0.254. The predicted octanol–water partition coefficient (Wildman–Crippen LogP) is 1.36. The molecule has 0 aromatic heterocycles. The molecule has 6 bridgehead atoms. The van der Waals surface area contributed by atoms with E-state index in [0.29, 0.717) is 0 Å². The summed E-state index contributed by atoms with van der Waals surface area (Å²) in [7, 11) is 0. The summed E-state index contributed by atoms with van der Waals surface area (Å²) in [4.78, 5) is 53.9. The molecule has 4 aliphatic heterocycles. The quantitative estimate of drug-likeness (QED) is 0.212. The zero-order valence-corrected chi connectivity index (χ0v) is 27.5. The summed E-state index contributed by atoms with van der Waals surface area (Å²) < 4.78 is 5.88. The first kappa shape index (κ1) is 36.8. The number of amides is 1. The number of aromatic hydroxyl groups is 2. The van der Waals surface area contributed by atoms with Gasteiger partial charge in [0.1, 0.15) is 11.5 Å². The first-order valence-electron chi connectivity index (χ1n) is 15.7. The largest absolute Gasteiger partial charge is 0.507 e. The Balaban J connectivity index is 1.89. The Labute approximate surface area is 277 Å². The summed E-state index contributed by atoms with van der Waals surface area (Å²) in [6.07, 6.45) is 0.114. The van der Waals surface area contributed by atoms with E-state index in [-0.39, 0.29) is 16.7 Å². The molecule has 0 radical (unpaired) electrons. The van der Waals surface area contributed by atoms with Crippen LogP contribution in [-0.4, -0.2) is 96.3 Å². The van der Waals surface area contributed by atoms with Crippen LogP contribution in [0.25, 0.3) is 0 Å². The number of phenols is 2. The molecule has 0 unspecified atom stereocenters. The lowest BCUT2D eigenvalue weighted by atomic mass is 9.75. The van der Waals surface area contributed by atoms with Crippen LogP contribution in [0, 0.1) is 36.5 Å². The number of hydrogen-bond acceptors (Lipinski definition) is 12. The van der Waals surface area contributed by atoms with Crippen molar-refractivity contribution in [2.75, 3.05) is 6.61 Å². The van der Waals surface area contributed by atoms with Gasteiger partial charge in [0.05, 0.1) is 59.3 Å². The highest BCUT2D eigenvalue weighted by Gasteiger charge is 2.46. The summed E-state index contributed by atoms with van der Waals surface area (Å²) in [5, 5.41) is 78.5. The van der Waals surface area contributed by atoms with Crippen molar-refractivity contribution in [3.8, 4) is 11.5 Å². The van der Waals surface area contributed by atoms with E-state index in [0.717, 1.165) is 6.08 Å². The molecule has 0 saturated carbocycles. The van der Waals surface area contributed by atoms with E-state index in [9.17, 15) is 54.9 Å². The minimum atomic E-state index is -1.64. The Kier molecular flexibility index (Phi) is 10.9. The van der Waals surface area contributed by atoms with Gasteiger partial charge in [-0.3, -0.25) is 19.2 Å². The molecule has 1 aromatic rings. The molecule has 1 amide bonds. The second-order valence-electron chi connectivity index (χ2n) is 13.0. The predicted molar refractivity (Wildman–Crippen MR) is 171 cm³/mol. The highest BCUT2D eigenvalue weighted by molar-refractivity contribution is 6.31. The second kappa shape index (κ2) is 14.2. The molecular formula is C35H43NO12. The number of ketones is 3. The molecule has 6 rings (SSSR count). The molecule has 0 spiro atoms. The molecule has 1 saturated heterocycles. The Morgan fingerprint density at radius 1 is 0.792 bits per heavy atom. The molecule has 1 fully saturated rings. The van der Waals surface area contributed by atoms with Gasteiger partial charge in [-0.2, -0.15) is 0 Å². The molecule has 4 heterocycles. The zero-order valence-electron chi connectivity index (χ0n) is 27.5. The molecule has 10 atom stereocenters. The average molecular weight is 670 g/mol. The smallest absolute Gasteiger partial charge is 0.254 e. The molecule has 260 valence electrons. The van der Waals surface area contributed by atoms with Crippen molar-refractivity contribution in [2.24, 2.45) is 29.6 Å². The lowest BCUT2D eigenvalue weighted by Gasteiger charge is -2.45. The molecule has 13 heteroatoms. The summed E-state index contributed by atoms with van der Waals surface area (Å²) in [5.41, 5.74) is -3.03. The van der Waals surface area contributed by atoms with Crippen LogP contribution < -0.4 is 5.32 Å². The fourth-order valence-electron chi connectivity index (χ4n) is 6.69. The monoisotopic (exact) mass is 669 g/mol. The van der Waals surface area contributed by atoms with Crippen LogP contribution in [0.5, 0.6) is 11.5 Å². The third kappa shape index (κ3) is 6.53. The number of aliphatic hydroxyl groups is 5. The van der Waals surface area contributed by atoms with Crippen molar-refractivity contribution in [3.63, 3.8) is 0 Å². The third-order valence-corrected chi connectivity index (χ3v) is 9.88. The van der Waals surface area contributed by atoms with Gasteiger partial charge in [0, 0.05) is 40.9 Å². The number of Topliss-reactive ketones (excluding diaryl/α,β-unsaturated/α-hetero) is 2. The number of allylic oxidation sites excluding steroid dienone is 5. The Hall–Kier alpha value is -3.98. The highest BCUT2D eigenvalue weighted by Crippen LogP contribution is 2.42. The minimum Gasteiger partial charge on any atom is -0.507 e. The summed E-state index contributed by atoms with van der Waals surface area (Å²) in [6, 6.07) is 0. The Morgan fingerprint density at radius 2 is 1.38 bits per heavy atom. The first-order valence-corrected chi connectivity index (χ1v) is 15.7. The Bertz CT molecular complexity index is 1640. The van der Waals surface area contributed by atoms with E-state index in [4.69, 9.17) is 4.74 Å². The van der Waals surface area contributed by atoms with Crippen molar-refractivity contribution in [3.05, 3.63) is 69.5 Å². The number of ether oxygens (including phenoxy) is 1. The maximum Gasteiger partial charge on any atom is 0.254 e. The summed E-state index contributed by atoms with van der Waals surface area (Å²) in [5.74, 6) is -9.29. The van der Waals surface area contributed by atoms with Crippen LogP contribution in [0.3, 0.4) is 0 Å². The number of fused-ring (bicyclic) bond motifs is 1. The molecule has 13 nitrogen and oxygen atoms in total. The number of rotatable bonds is 1. The zero-order chi connectivity index (χ0) is 35.9. The van der Waals surface area contributed by atoms with Crippen LogP contribution in [0.4, 0.5) is 0 Å². The van der Waals surface area contributed by atoms with Gasteiger partial charge in [-0.05, 0) is 19.4 Å². The van der Waals surface area contributed by atoms with Gasteiger partial charge in [-0.15, -0.1) is 0 Å². The van der Waals surface area contributed by atoms with Crippen molar-refractivity contribution < 1.29 is 59.7 Å². The molecule has 8 N–H and O–H groups in total. The number of benzene rings is 1. The van der Waals surface area contributed by atoms with Crippen LogP contribution in [0.2, 0.25) is 0 Å². The number of nitrogens with one attached hydrogen (secondary N) is 1. The van der Waals surface area contributed by atoms with Crippen LogP contribution in [-0.2, 0) is 9.53 Å². The number of hydrogen-bond donors (Lipinski definition) is 8. The van der Waals surface area contributed by atoms with E-state index in [2.05, 4.69) is 5.32 Å². The minimum absolute atomic E-state index is 0.138. The van der Waals surface area contributed by atoms with E-state index in [1.165, 1.54) is 32.1 Å². The van der Waals surface area contributed by atoms with E-state index >= 15 is 0 Å². The molecule has 48 heavy (non-hydrogen) atoms. The SMILES string of the molecule is C/C1=C/[C@H]2[C@H](O)[C@@H](C)[C@@H](O[C@H]2O)[C@H](C)[C@H](O)[C@H](C)[C@@H](O)[C@@H](C)/C=C\C=C(\CO)C(=O)NC2=CC(=O)c3c(c(O)c(C)c(O)c3C1=O)C2=O. The molecule has 1 aliphatic carbocycles. The van der Waals surface area contributed by atoms with Gasteiger partial charge in [0.25, 0.3) is 5.91 Å². The number of aliphatic hydroxyl groups excluding tert-OH is 5. The van der Waals surface area contributed by atoms with Crippen molar-refractivity contribution >= 4 is 23.3 Å². The maximum absolute atomic E-state index is 13.8. The van der Waals surface area contributed by atoms with Gasteiger partial charge >= 0.3 is 0 Å². The van der Waals surface area contributed by atoms with Gasteiger partial charge < -0.3 is 45.8 Å². The highest BCUT2D eigenvalue weighted by atomic mass is 16.6. The van der Waals surface area contributed by atoms with Crippen molar-refractivity contribution in [2.45, 2.75) is 72.2 Å². The lowest BCUT2D eigenvalue weighted by Crippen LogP contribution is -2.54. The summed E-state index contributed by atoms with van der Waals surface area (Å²) >= 11 is 0. The average Bonchev–Trinajstić information content (AvgIpc) is 3.05. The van der Waals surface area contributed by atoms with Crippen LogP contribution >= 0.6 is 0 Å². The topological polar surface area (TPSA) is 231 Å². The number of carbonyl (C=O) groups is 4. The van der Waals surface area contributed by atoms with Crippen molar-refractivity contribution in [1.29, 1.82) is 0 Å². The number of carbonyl (C=O) groups excluding carboxylic acids is 4. The molecule has 1 aromatic carbocycles. The number of phenolic OH excluding ortho intramolecular Hbond substituents is 2. The second-order valence-corrected chi connectivity index (χ2v) is 13.0. The van der Waals surface area contributed by atoms with Crippen LogP contribution in [0.1, 0.15) is 71.3 Å². The third-order valence-electron chi connectivity index (χ3n) is 9.88. The normalized spacial score (nSPS) is 36.5. The molecule has 5 aliphatic rings. The van der Waals surface area contributed by atoms with E-state index in [1.807, 2.05) is 0 Å². The molecular weight excluding hydrogens is 626 g/mol. The van der Waals surface area contributed by atoms with E-state index in [1.54, 1.807) is 33.8 Å². The van der Waals surface area contributed by atoms with Gasteiger partial charge in [0.2, 0.25) is 5.78 Å². The fourth-order valence-corrected chi connectivity index (χ4v) is 6.69. The summed E-state index contributed by atoms with van der Waals surface area (Å²) in [6.45, 7) is 8.38. The van der Waals surface area contributed by atoms with Gasteiger partial charge in [-0.25, -0.2) is 0 Å². The maximum atomic E-state index is 13.8. The first-order chi connectivity index (χ1) is 22.4. The Morgan fingerprint density at radius 3 is 1.98 bits per heavy atom. The van der Waals surface area contributed by atoms with Gasteiger partial charge in [0.15, 0.2) is 17.9 Å². The van der Waals surface area contributed by atoms with Crippen LogP contribution in [0.15, 0.2) is 47.2 Å².